The number of benzene rings is 1. The monoisotopic (exact) mass is 316 g/mol. The molecule has 0 radical (unpaired) electrons. The number of likely N-dealkylation sites (tertiary alicyclic amines) is 1. The van der Waals surface area contributed by atoms with Crippen LogP contribution in [0.25, 0.3) is 0 Å². The highest BCUT2D eigenvalue weighted by Crippen LogP contribution is 2.22. The van der Waals surface area contributed by atoms with E-state index in [-0.39, 0.29) is 17.4 Å². The minimum atomic E-state index is -0.270. The summed E-state index contributed by atoms with van der Waals surface area (Å²) in [6.45, 7) is 8.82. The van der Waals surface area contributed by atoms with E-state index in [0.29, 0.717) is 17.2 Å². The molecule has 1 atom stereocenters. The van der Waals surface area contributed by atoms with Gasteiger partial charge in [0.2, 0.25) is 0 Å². The van der Waals surface area contributed by atoms with Gasteiger partial charge in [0.15, 0.2) is 0 Å². The molecule has 1 aliphatic heterocycles. The molecule has 1 aliphatic rings. The molecule has 1 fully saturated rings. The molecule has 0 aromatic heterocycles. The van der Waals surface area contributed by atoms with Crippen LogP contribution in [0.2, 0.25) is 0 Å². The van der Waals surface area contributed by atoms with E-state index in [1.807, 2.05) is 25.7 Å². The van der Waals surface area contributed by atoms with Crippen molar-refractivity contribution in [3.05, 3.63) is 35.4 Å². The number of piperidine rings is 1. The van der Waals surface area contributed by atoms with Gasteiger partial charge < -0.3 is 10.2 Å². The summed E-state index contributed by atoms with van der Waals surface area (Å²) < 4.78 is 0. The summed E-state index contributed by atoms with van der Waals surface area (Å²) in [7, 11) is 0. The molecule has 0 aliphatic carbocycles. The van der Waals surface area contributed by atoms with Crippen LogP contribution in [-0.4, -0.2) is 34.8 Å². The van der Waals surface area contributed by atoms with E-state index in [2.05, 4.69) is 12.2 Å². The Morgan fingerprint density at radius 1 is 1.13 bits per heavy atom. The molecule has 0 bridgehead atoms. The topological polar surface area (TPSA) is 49.4 Å². The SMILES string of the molecule is CCC1CCCCN1C(=O)c1ccc(C(=O)NC(C)(C)C)cc1. The van der Waals surface area contributed by atoms with Crippen molar-refractivity contribution in [3.8, 4) is 0 Å². The highest BCUT2D eigenvalue weighted by atomic mass is 16.2. The maximum atomic E-state index is 12.7. The summed E-state index contributed by atoms with van der Waals surface area (Å²) in [6, 6.07) is 7.35. The quantitative estimate of drug-likeness (QED) is 0.926. The van der Waals surface area contributed by atoms with Crippen LogP contribution in [0.1, 0.15) is 74.1 Å². The average molecular weight is 316 g/mol. The lowest BCUT2D eigenvalue weighted by Gasteiger charge is -2.35. The van der Waals surface area contributed by atoms with E-state index in [0.717, 1.165) is 25.8 Å². The van der Waals surface area contributed by atoms with E-state index >= 15 is 0 Å². The van der Waals surface area contributed by atoms with Crippen LogP contribution in [0.3, 0.4) is 0 Å². The van der Waals surface area contributed by atoms with Gasteiger partial charge in [-0.25, -0.2) is 0 Å². The Labute approximate surface area is 139 Å². The van der Waals surface area contributed by atoms with Crippen LogP contribution >= 0.6 is 0 Å². The van der Waals surface area contributed by atoms with Gasteiger partial charge in [-0.15, -0.1) is 0 Å². The van der Waals surface area contributed by atoms with Crippen LogP contribution < -0.4 is 5.32 Å². The Hall–Kier alpha value is -1.84. The van der Waals surface area contributed by atoms with Crippen molar-refractivity contribution in [1.82, 2.24) is 10.2 Å². The Morgan fingerprint density at radius 3 is 2.30 bits per heavy atom. The van der Waals surface area contributed by atoms with Crippen molar-refractivity contribution >= 4 is 11.8 Å². The molecule has 126 valence electrons. The van der Waals surface area contributed by atoms with Crippen LogP contribution in [0.4, 0.5) is 0 Å². The maximum absolute atomic E-state index is 12.7. The first-order valence-corrected chi connectivity index (χ1v) is 8.55. The molecule has 1 N–H and O–H groups in total. The third-order valence-corrected chi connectivity index (χ3v) is 4.24. The van der Waals surface area contributed by atoms with Gasteiger partial charge in [-0.1, -0.05) is 6.92 Å². The fourth-order valence-corrected chi connectivity index (χ4v) is 3.04. The van der Waals surface area contributed by atoms with Crippen LogP contribution in [0, 0.1) is 0 Å². The molecule has 0 saturated carbocycles. The predicted octanol–water partition coefficient (Wildman–Crippen LogP) is 3.62. The highest BCUT2D eigenvalue weighted by molar-refractivity contribution is 5.98. The van der Waals surface area contributed by atoms with Crippen molar-refractivity contribution < 1.29 is 9.59 Å². The third-order valence-electron chi connectivity index (χ3n) is 4.24. The van der Waals surface area contributed by atoms with E-state index in [1.54, 1.807) is 24.3 Å². The van der Waals surface area contributed by atoms with E-state index in [4.69, 9.17) is 0 Å². The Morgan fingerprint density at radius 2 is 1.74 bits per heavy atom. The predicted molar refractivity (Wildman–Crippen MR) is 92.6 cm³/mol. The highest BCUT2D eigenvalue weighted by Gasteiger charge is 2.26. The summed E-state index contributed by atoms with van der Waals surface area (Å²) in [5.41, 5.74) is 0.980. The number of nitrogens with one attached hydrogen (secondary N) is 1. The minimum absolute atomic E-state index is 0.0827. The molecule has 2 rings (SSSR count). The number of carbonyl (C=O) groups is 2. The van der Waals surface area contributed by atoms with Gasteiger partial charge in [-0.05, 0) is 70.7 Å². The van der Waals surface area contributed by atoms with Gasteiger partial charge >= 0.3 is 0 Å². The van der Waals surface area contributed by atoms with Crippen LogP contribution in [0.5, 0.6) is 0 Å². The molecule has 1 aromatic rings. The zero-order chi connectivity index (χ0) is 17.0. The van der Waals surface area contributed by atoms with Gasteiger partial charge in [0.25, 0.3) is 11.8 Å². The lowest BCUT2D eigenvalue weighted by molar-refractivity contribution is 0.0607. The normalized spacial score (nSPS) is 18.6. The zero-order valence-electron chi connectivity index (χ0n) is 14.7. The van der Waals surface area contributed by atoms with Crippen molar-refractivity contribution in [2.24, 2.45) is 0 Å². The molecule has 1 aromatic carbocycles. The first-order chi connectivity index (χ1) is 10.8. The van der Waals surface area contributed by atoms with E-state index in [9.17, 15) is 9.59 Å². The van der Waals surface area contributed by atoms with Crippen LogP contribution in [0.15, 0.2) is 24.3 Å². The van der Waals surface area contributed by atoms with Gasteiger partial charge in [0, 0.05) is 29.3 Å². The lowest BCUT2D eigenvalue weighted by atomic mass is 9.98. The fraction of sp³-hybridized carbons (Fsp3) is 0.579. The Balaban J connectivity index is 2.09. The number of amides is 2. The Kier molecular flexibility index (Phi) is 5.45. The van der Waals surface area contributed by atoms with Gasteiger partial charge in [0.05, 0.1) is 0 Å². The molecule has 0 spiro atoms. The molecule has 1 unspecified atom stereocenters. The van der Waals surface area contributed by atoms with Crippen LogP contribution in [-0.2, 0) is 0 Å². The summed E-state index contributed by atoms with van der Waals surface area (Å²) in [4.78, 5) is 26.8. The second kappa shape index (κ2) is 7.16. The van der Waals surface area contributed by atoms with E-state index < -0.39 is 0 Å². The molecular weight excluding hydrogens is 288 g/mol. The largest absolute Gasteiger partial charge is 0.347 e. The summed E-state index contributed by atoms with van der Waals surface area (Å²) in [5, 5.41) is 2.93. The smallest absolute Gasteiger partial charge is 0.254 e. The lowest BCUT2D eigenvalue weighted by Crippen LogP contribution is -2.43. The summed E-state index contributed by atoms with van der Waals surface area (Å²) in [6.07, 6.45) is 4.37. The van der Waals surface area contributed by atoms with Gasteiger partial charge in [-0.2, -0.15) is 0 Å². The zero-order valence-corrected chi connectivity index (χ0v) is 14.7. The van der Waals surface area contributed by atoms with E-state index in [1.165, 1.54) is 6.42 Å². The summed E-state index contributed by atoms with van der Waals surface area (Å²) in [5.74, 6) is -0.0276. The third kappa shape index (κ3) is 4.57. The molecule has 1 heterocycles. The summed E-state index contributed by atoms with van der Waals surface area (Å²) >= 11 is 0. The fourth-order valence-electron chi connectivity index (χ4n) is 3.04. The van der Waals surface area contributed by atoms with Crippen molar-refractivity contribution in [2.75, 3.05) is 6.54 Å². The van der Waals surface area contributed by atoms with Crippen molar-refractivity contribution in [1.29, 1.82) is 0 Å². The standard InChI is InChI=1S/C19H28N2O2/c1-5-16-8-6-7-13-21(16)18(23)15-11-9-14(10-12-15)17(22)20-19(2,3)4/h9-12,16H,5-8,13H2,1-4H3,(H,20,22). The molecular formula is C19H28N2O2. The number of rotatable bonds is 3. The maximum Gasteiger partial charge on any atom is 0.254 e. The van der Waals surface area contributed by atoms with Gasteiger partial charge in [0.1, 0.15) is 0 Å². The number of hydrogen-bond acceptors (Lipinski definition) is 2. The second-order valence-corrected chi connectivity index (χ2v) is 7.34. The molecule has 2 amide bonds. The van der Waals surface area contributed by atoms with Crippen molar-refractivity contribution in [3.63, 3.8) is 0 Å². The van der Waals surface area contributed by atoms with Crippen molar-refractivity contribution in [2.45, 2.75) is 65.0 Å². The molecule has 4 heteroatoms. The molecule has 23 heavy (non-hydrogen) atoms. The van der Waals surface area contributed by atoms with Gasteiger partial charge in [-0.3, -0.25) is 9.59 Å². The second-order valence-electron chi connectivity index (χ2n) is 7.34. The first-order valence-electron chi connectivity index (χ1n) is 8.55. The number of carbonyl (C=O) groups excluding carboxylic acids is 2. The molecule has 1 saturated heterocycles. The minimum Gasteiger partial charge on any atom is -0.347 e. The Bertz CT molecular complexity index is 558. The number of nitrogens with zero attached hydrogens (tertiary/aromatic N) is 1. The molecule has 4 nitrogen and oxygen atoms in total. The number of hydrogen-bond donors (Lipinski definition) is 1. The average Bonchev–Trinajstić information content (AvgIpc) is 2.52. The first kappa shape index (κ1) is 17.5.